The van der Waals surface area contributed by atoms with Crippen LogP contribution in [-0.4, -0.2) is 73.5 Å². The fraction of sp³-hybridized carbons (Fsp3) is 0.591. The number of esters is 1. The smallest absolute Gasteiger partial charge is 0.410 e. The molecule has 0 aliphatic carbocycles. The number of carboxylic acid groups (broad SMARTS) is 1. The average Bonchev–Trinajstić information content (AvgIpc) is 2.68. The molecule has 1 aromatic rings. The second-order valence-electron chi connectivity index (χ2n) is 8.49. The lowest BCUT2D eigenvalue weighted by atomic mass is 9.99. The molecule has 0 aromatic heterocycles. The third-order valence-corrected chi connectivity index (χ3v) is 4.88. The molecule has 172 valence electrons. The first-order valence-corrected chi connectivity index (χ1v) is 10.2. The SMILES string of the molecule is COC(=O)Cc1cc(COCC(=O)O)cc(N2CCN(C(=O)OC(C)(C)C)CC2)c1C. The molecular weight excluding hydrogens is 404 g/mol. The van der Waals surface area contributed by atoms with E-state index >= 15 is 0 Å². The Hall–Kier alpha value is -2.81. The molecule has 1 aliphatic rings. The van der Waals surface area contributed by atoms with Gasteiger partial charge < -0.3 is 29.1 Å². The van der Waals surface area contributed by atoms with Gasteiger partial charge in [0.05, 0.1) is 20.1 Å². The number of hydrogen-bond donors (Lipinski definition) is 1. The molecule has 1 N–H and O–H groups in total. The second-order valence-corrected chi connectivity index (χ2v) is 8.49. The summed E-state index contributed by atoms with van der Waals surface area (Å²) < 4.78 is 15.5. The van der Waals surface area contributed by atoms with Crippen molar-refractivity contribution in [2.45, 2.75) is 46.3 Å². The van der Waals surface area contributed by atoms with Gasteiger partial charge in [-0.05, 0) is 50.5 Å². The number of carboxylic acids is 1. The maximum absolute atomic E-state index is 12.3. The van der Waals surface area contributed by atoms with Crippen LogP contribution in [0.5, 0.6) is 0 Å². The van der Waals surface area contributed by atoms with Crippen LogP contribution >= 0.6 is 0 Å². The molecule has 1 saturated heterocycles. The summed E-state index contributed by atoms with van der Waals surface area (Å²) in [6, 6.07) is 3.79. The van der Waals surface area contributed by atoms with E-state index in [-0.39, 0.29) is 25.1 Å². The van der Waals surface area contributed by atoms with Crippen LogP contribution in [0.1, 0.15) is 37.5 Å². The van der Waals surface area contributed by atoms with Crippen molar-refractivity contribution in [2.24, 2.45) is 0 Å². The summed E-state index contributed by atoms with van der Waals surface area (Å²) in [5, 5.41) is 8.80. The van der Waals surface area contributed by atoms with Crippen molar-refractivity contribution in [2.75, 3.05) is 44.8 Å². The van der Waals surface area contributed by atoms with Crippen LogP contribution in [-0.2, 0) is 36.8 Å². The predicted octanol–water partition coefficient (Wildman–Crippen LogP) is 2.37. The first-order valence-electron chi connectivity index (χ1n) is 10.2. The third kappa shape index (κ3) is 7.43. The van der Waals surface area contributed by atoms with Crippen molar-refractivity contribution in [1.29, 1.82) is 0 Å². The number of nitrogens with zero attached hydrogens (tertiary/aromatic N) is 2. The number of piperazine rings is 1. The molecule has 1 amide bonds. The highest BCUT2D eigenvalue weighted by atomic mass is 16.6. The van der Waals surface area contributed by atoms with Gasteiger partial charge in [0.15, 0.2) is 0 Å². The molecule has 1 aromatic carbocycles. The van der Waals surface area contributed by atoms with Crippen molar-refractivity contribution in [3.8, 4) is 0 Å². The van der Waals surface area contributed by atoms with Crippen molar-refractivity contribution in [3.63, 3.8) is 0 Å². The number of ether oxygens (including phenoxy) is 3. The molecule has 0 bridgehead atoms. The highest BCUT2D eigenvalue weighted by Crippen LogP contribution is 2.28. The summed E-state index contributed by atoms with van der Waals surface area (Å²) in [6.45, 7) is 9.42. The van der Waals surface area contributed by atoms with Gasteiger partial charge in [0.1, 0.15) is 12.2 Å². The number of aliphatic carboxylic acids is 1. The van der Waals surface area contributed by atoms with Crippen LogP contribution in [0.2, 0.25) is 0 Å². The zero-order valence-corrected chi connectivity index (χ0v) is 18.9. The standard InChI is InChI=1S/C22H32N2O7/c1-15-17(12-20(27)29-5)10-16(13-30-14-19(25)26)11-18(15)23-6-8-24(9-7-23)21(28)31-22(2,3)4/h10-11H,6-9,12-14H2,1-5H3,(H,25,26). The van der Waals surface area contributed by atoms with Gasteiger partial charge in [-0.3, -0.25) is 4.79 Å². The largest absolute Gasteiger partial charge is 0.480 e. The average molecular weight is 437 g/mol. The summed E-state index contributed by atoms with van der Waals surface area (Å²) in [4.78, 5) is 38.8. The summed E-state index contributed by atoms with van der Waals surface area (Å²) in [6.07, 6.45) is -0.217. The third-order valence-electron chi connectivity index (χ3n) is 4.88. The lowest BCUT2D eigenvalue weighted by molar-refractivity contribution is -0.142. The monoisotopic (exact) mass is 436 g/mol. The number of rotatable bonds is 7. The van der Waals surface area contributed by atoms with E-state index in [9.17, 15) is 14.4 Å². The van der Waals surface area contributed by atoms with Crippen molar-refractivity contribution in [3.05, 3.63) is 28.8 Å². The zero-order valence-electron chi connectivity index (χ0n) is 18.9. The minimum absolute atomic E-state index is 0.111. The van der Waals surface area contributed by atoms with E-state index in [0.717, 1.165) is 22.4 Å². The fourth-order valence-electron chi connectivity index (χ4n) is 3.36. The summed E-state index contributed by atoms with van der Waals surface area (Å²) in [5.41, 5.74) is 2.90. The first-order chi connectivity index (χ1) is 14.5. The number of benzene rings is 1. The van der Waals surface area contributed by atoms with Crippen LogP contribution in [0.25, 0.3) is 0 Å². The molecule has 2 rings (SSSR count). The van der Waals surface area contributed by atoms with Crippen LogP contribution in [0.15, 0.2) is 12.1 Å². The molecular formula is C22H32N2O7. The van der Waals surface area contributed by atoms with Gasteiger partial charge in [-0.1, -0.05) is 6.07 Å². The van der Waals surface area contributed by atoms with E-state index in [2.05, 4.69) is 4.90 Å². The Labute approximate surface area is 182 Å². The van der Waals surface area contributed by atoms with Gasteiger partial charge >= 0.3 is 18.0 Å². The van der Waals surface area contributed by atoms with E-state index in [0.29, 0.717) is 26.2 Å². The minimum atomic E-state index is -1.04. The summed E-state index contributed by atoms with van der Waals surface area (Å²) >= 11 is 0. The zero-order chi connectivity index (χ0) is 23.2. The van der Waals surface area contributed by atoms with Crippen LogP contribution < -0.4 is 4.90 Å². The maximum atomic E-state index is 12.3. The Morgan fingerprint density at radius 2 is 1.74 bits per heavy atom. The molecule has 0 unspecified atom stereocenters. The Morgan fingerprint density at radius 1 is 1.10 bits per heavy atom. The van der Waals surface area contributed by atoms with E-state index in [1.165, 1.54) is 7.11 Å². The molecule has 0 saturated carbocycles. The van der Waals surface area contributed by atoms with Gasteiger partial charge in [0, 0.05) is 31.9 Å². The normalized spacial score (nSPS) is 14.4. The van der Waals surface area contributed by atoms with E-state index in [1.807, 2.05) is 39.8 Å². The Morgan fingerprint density at radius 3 is 2.29 bits per heavy atom. The lowest BCUT2D eigenvalue weighted by Crippen LogP contribution is -2.50. The number of carbonyl (C=O) groups excluding carboxylic acids is 2. The molecule has 1 fully saturated rings. The molecule has 9 heteroatoms. The van der Waals surface area contributed by atoms with Gasteiger partial charge in [0.2, 0.25) is 0 Å². The molecule has 1 heterocycles. The fourth-order valence-corrected chi connectivity index (χ4v) is 3.36. The highest BCUT2D eigenvalue weighted by Gasteiger charge is 2.27. The molecule has 0 spiro atoms. The molecule has 0 atom stereocenters. The molecule has 0 radical (unpaired) electrons. The van der Waals surface area contributed by atoms with Crippen molar-refractivity contribution < 1.29 is 33.7 Å². The van der Waals surface area contributed by atoms with Crippen LogP contribution in [0.3, 0.4) is 0 Å². The number of carbonyl (C=O) groups is 3. The van der Waals surface area contributed by atoms with E-state index in [4.69, 9.17) is 19.3 Å². The highest BCUT2D eigenvalue weighted by molar-refractivity contribution is 5.75. The van der Waals surface area contributed by atoms with Gasteiger partial charge in [0.25, 0.3) is 0 Å². The quantitative estimate of drug-likeness (QED) is 0.650. The van der Waals surface area contributed by atoms with Crippen LogP contribution in [0, 0.1) is 6.92 Å². The van der Waals surface area contributed by atoms with Crippen molar-refractivity contribution in [1.82, 2.24) is 4.90 Å². The van der Waals surface area contributed by atoms with Gasteiger partial charge in [-0.2, -0.15) is 0 Å². The number of methoxy groups -OCH3 is 1. The number of amides is 1. The van der Waals surface area contributed by atoms with E-state index in [1.54, 1.807) is 4.90 Å². The summed E-state index contributed by atoms with van der Waals surface area (Å²) in [5.74, 6) is -1.40. The Bertz CT molecular complexity index is 809. The number of hydrogen-bond acceptors (Lipinski definition) is 7. The van der Waals surface area contributed by atoms with Gasteiger partial charge in [-0.15, -0.1) is 0 Å². The van der Waals surface area contributed by atoms with Crippen LogP contribution in [0.4, 0.5) is 10.5 Å². The predicted molar refractivity (Wildman–Crippen MR) is 114 cm³/mol. The topological polar surface area (TPSA) is 106 Å². The minimum Gasteiger partial charge on any atom is -0.480 e. The molecule has 31 heavy (non-hydrogen) atoms. The molecule has 1 aliphatic heterocycles. The lowest BCUT2D eigenvalue weighted by Gasteiger charge is -2.37. The Kier molecular flexibility index (Phi) is 8.27. The number of anilines is 1. The second kappa shape index (κ2) is 10.5. The van der Waals surface area contributed by atoms with Gasteiger partial charge in [-0.25, -0.2) is 9.59 Å². The maximum Gasteiger partial charge on any atom is 0.410 e. The summed E-state index contributed by atoms with van der Waals surface area (Å²) in [7, 11) is 1.34. The van der Waals surface area contributed by atoms with Crippen molar-refractivity contribution >= 4 is 23.7 Å². The molecule has 9 nitrogen and oxygen atoms in total. The Balaban J connectivity index is 2.18. The first kappa shape index (κ1) is 24.5. The van der Waals surface area contributed by atoms with E-state index < -0.39 is 18.2 Å².